The first kappa shape index (κ1) is 36.6. The molecular weight excluding hydrogens is 687 g/mol. The predicted octanol–water partition coefficient (Wildman–Crippen LogP) is 4.39. The molecule has 16 heteroatoms. The van der Waals surface area contributed by atoms with E-state index in [1.807, 2.05) is 0 Å². The Morgan fingerprint density at radius 1 is 1.02 bits per heavy atom. The molecule has 15 nitrogen and oxygen atoms in total. The smallest absolute Gasteiger partial charge is 0.410 e. The number of hydrogen-bond acceptors (Lipinski definition) is 9. The number of aromatic amines is 1. The molecule has 3 aliphatic heterocycles. The maximum absolute atomic E-state index is 14.4. The second-order valence-corrected chi connectivity index (χ2v) is 16.2. The van der Waals surface area contributed by atoms with Crippen LogP contribution in [0.25, 0.3) is 0 Å². The molecule has 5 aliphatic rings. The van der Waals surface area contributed by atoms with Crippen LogP contribution in [0.15, 0.2) is 18.2 Å². The number of carbonyl (C=O) groups excluding carboxylic acids is 5. The summed E-state index contributed by atoms with van der Waals surface area (Å²) in [5.74, 6) is -0.869. The van der Waals surface area contributed by atoms with Gasteiger partial charge in [-0.3, -0.25) is 29.7 Å². The van der Waals surface area contributed by atoms with E-state index < -0.39 is 65.1 Å². The molecule has 4 N–H and O–H groups in total. The van der Waals surface area contributed by atoms with Crippen molar-refractivity contribution in [3.8, 4) is 0 Å². The van der Waals surface area contributed by atoms with E-state index in [-0.39, 0.29) is 37.9 Å². The Bertz CT molecular complexity index is 1760. The maximum Gasteiger partial charge on any atom is 0.410 e. The van der Waals surface area contributed by atoms with Crippen molar-refractivity contribution in [1.29, 1.82) is 0 Å². The molecule has 53 heavy (non-hydrogen) atoms. The molecule has 4 fully saturated rings. The summed E-state index contributed by atoms with van der Waals surface area (Å²) in [6, 6.07) is 2.57. The molecule has 286 valence electrons. The lowest BCUT2D eigenvalue weighted by Crippen LogP contribution is -2.57. The number of hydrogen-bond donors (Lipinski definition) is 4. The largest absolute Gasteiger partial charge is 0.444 e. The highest BCUT2D eigenvalue weighted by atomic mass is 19.1. The zero-order valence-electron chi connectivity index (χ0n) is 30.5. The average Bonchev–Trinajstić information content (AvgIpc) is 3.87. The number of halogens is 1. The number of anilines is 1. The number of ether oxygens (including phenoxy) is 2. The second-order valence-electron chi connectivity index (χ2n) is 16.2. The number of benzene rings is 1. The number of H-pyrrole nitrogens is 1. The third kappa shape index (κ3) is 8.25. The molecule has 7 rings (SSSR count). The highest BCUT2D eigenvalue weighted by Gasteiger charge is 2.61. The lowest BCUT2D eigenvalue weighted by molar-refractivity contribution is -0.141. The maximum atomic E-state index is 14.4. The van der Waals surface area contributed by atoms with Gasteiger partial charge < -0.3 is 25.0 Å². The summed E-state index contributed by atoms with van der Waals surface area (Å²) in [5.41, 5.74) is -0.935. The molecule has 2 aromatic rings. The van der Waals surface area contributed by atoms with Crippen molar-refractivity contribution in [3.63, 3.8) is 0 Å². The van der Waals surface area contributed by atoms with E-state index in [0.717, 1.165) is 50.8 Å². The van der Waals surface area contributed by atoms with Gasteiger partial charge in [0.25, 0.3) is 5.91 Å². The summed E-state index contributed by atoms with van der Waals surface area (Å²) >= 11 is 0. The Morgan fingerprint density at radius 2 is 1.77 bits per heavy atom. The highest BCUT2D eigenvalue weighted by Crippen LogP contribution is 2.48. The molecule has 5 amide bonds. The van der Waals surface area contributed by atoms with Gasteiger partial charge in [0.05, 0.1) is 13.1 Å². The zero-order valence-corrected chi connectivity index (χ0v) is 30.5. The third-order valence-electron chi connectivity index (χ3n) is 10.9. The van der Waals surface area contributed by atoms with E-state index in [9.17, 15) is 28.4 Å². The van der Waals surface area contributed by atoms with Gasteiger partial charge in [0.2, 0.25) is 17.8 Å². The quantitative estimate of drug-likeness (QED) is 0.345. The normalized spacial score (nSPS) is 27.7. The number of aromatic nitrogens is 3. The number of nitrogens with zero attached hydrogens (tertiary/aromatic N) is 4. The van der Waals surface area contributed by atoms with Crippen molar-refractivity contribution in [3.05, 3.63) is 41.0 Å². The van der Waals surface area contributed by atoms with Gasteiger partial charge >= 0.3 is 12.2 Å². The molecule has 1 aromatic carbocycles. The van der Waals surface area contributed by atoms with E-state index >= 15 is 0 Å². The minimum atomic E-state index is -1.24. The van der Waals surface area contributed by atoms with Crippen molar-refractivity contribution >= 4 is 35.9 Å². The van der Waals surface area contributed by atoms with Gasteiger partial charge in [0.1, 0.15) is 41.0 Å². The molecule has 4 heterocycles. The van der Waals surface area contributed by atoms with Crippen LogP contribution < -0.4 is 16.0 Å². The standard InChI is InChI=1S/C37H49FN8O7/c1-36(2,3)53-34(50)39-27-13-8-6-4-5-7-11-23-17-37(23,32(49)41-33-40-29(43-44-33)21-14-15-21)42-30(47)28-16-24(19-46(28)31(27)48)52-35(51)45-18-22-10-9-12-26(38)25(22)20-45/h9-10,12,21,23-24,27-28H,4-8,11,13-20H2,1-3H3,(H,39,50)(H,42,47)(H2,40,41,43,44,49)/t23-,24-,27+,28+,37-/m1/s1. The summed E-state index contributed by atoms with van der Waals surface area (Å²) in [6.07, 6.45) is 5.26. The minimum absolute atomic E-state index is 0.0357. The van der Waals surface area contributed by atoms with Gasteiger partial charge in [-0.05, 0) is 70.4 Å². The fourth-order valence-electron chi connectivity index (χ4n) is 7.83. The second kappa shape index (κ2) is 14.6. The van der Waals surface area contributed by atoms with Crippen LogP contribution in [0.3, 0.4) is 0 Å². The molecule has 2 saturated carbocycles. The fourth-order valence-corrected chi connectivity index (χ4v) is 7.83. The molecule has 0 radical (unpaired) electrons. The Hall–Kier alpha value is -4.76. The molecule has 5 atom stereocenters. The first-order valence-electron chi connectivity index (χ1n) is 18.9. The van der Waals surface area contributed by atoms with E-state index in [4.69, 9.17) is 9.47 Å². The van der Waals surface area contributed by atoms with Crippen LogP contribution in [0.2, 0.25) is 0 Å². The third-order valence-corrected chi connectivity index (χ3v) is 10.9. The van der Waals surface area contributed by atoms with Crippen molar-refractivity contribution in [1.82, 2.24) is 35.6 Å². The van der Waals surface area contributed by atoms with Crippen LogP contribution >= 0.6 is 0 Å². The SMILES string of the molecule is CC(C)(C)OC(=O)N[C@H]1CCCCCCC[C@@H]2C[C@@]2(C(=O)Nc2n[nH]c(C3CC3)n2)NC(=O)[C@@H]2C[C@@H](OC(=O)N3Cc4cccc(F)c4C3)CN2C1=O. The lowest BCUT2D eigenvalue weighted by Gasteiger charge is -2.30. The summed E-state index contributed by atoms with van der Waals surface area (Å²) < 4.78 is 25.8. The van der Waals surface area contributed by atoms with Crippen molar-refractivity contribution in [2.75, 3.05) is 11.9 Å². The Labute approximate surface area is 307 Å². The number of fused-ring (bicyclic) bond motifs is 3. The van der Waals surface area contributed by atoms with Gasteiger partial charge in [-0.2, -0.15) is 4.98 Å². The Kier molecular flexibility index (Phi) is 10.1. The lowest BCUT2D eigenvalue weighted by atomic mass is 10.0. The van der Waals surface area contributed by atoms with Crippen molar-refractivity contribution < 1.29 is 37.8 Å². The predicted molar refractivity (Wildman–Crippen MR) is 187 cm³/mol. The van der Waals surface area contributed by atoms with Crippen molar-refractivity contribution in [2.45, 2.75) is 140 Å². The molecule has 2 aliphatic carbocycles. The van der Waals surface area contributed by atoms with Gasteiger partial charge in [-0.15, -0.1) is 5.10 Å². The molecular formula is C37H49FN8O7. The average molecular weight is 737 g/mol. The van der Waals surface area contributed by atoms with Crippen LogP contribution in [0, 0.1) is 11.7 Å². The topological polar surface area (TPSA) is 188 Å². The van der Waals surface area contributed by atoms with Gasteiger partial charge in [0.15, 0.2) is 0 Å². The summed E-state index contributed by atoms with van der Waals surface area (Å²) in [6.45, 7) is 5.26. The molecule has 0 unspecified atom stereocenters. The van der Waals surface area contributed by atoms with Crippen LogP contribution in [0.1, 0.15) is 114 Å². The van der Waals surface area contributed by atoms with Gasteiger partial charge in [-0.25, -0.2) is 14.0 Å². The highest BCUT2D eigenvalue weighted by molar-refractivity contribution is 6.03. The summed E-state index contributed by atoms with van der Waals surface area (Å²) in [5, 5.41) is 15.6. The Balaban J connectivity index is 1.12. The van der Waals surface area contributed by atoms with Gasteiger partial charge in [0, 0.05) is 24.4 Å². The van der Waals surface area contributed by atoms with Crippen LogP contribution in [0.5, 0.6) is 0 Å². The number of carbonyl (C=O) groups is 5. The summed E-state index contributed by atoms with van der Waals surface area (Å²) in [4.78, 5) is 76.1. The molecule has 0 bridgehead atoms. The molecule has 2 saturated heterocycles. The van der Waals surface area contributed by atoms with Crippen LogP contribution in [-0.2, 0) is 36.9 Å². The van der Waals surface area contributed by atoms with Gasteiger partial charge in [-0.1, -0.05) is 44.2 Å². The van der Waals surface area contributed by atoms with E-state index in [0.29, 0.717) is 36.3 Å². The first-order chi connectivity index (χ1) is 25.3. The monoisotopic (exact) mass is 736 g/mol. The number of nitrogens with one attached hydrogen (secondary N) is 4. The summed E-state index contributed by atoms with van der Waals surface area (Å²) in [7, 11) is 0. The van der Waals surface area contributed by atoms with Crippen LogP contribution in [0.4, 0.5) is 19.9 Å². The van der Waals surface area contributed by atoms with E-state index in [2.05, 4.69) is 31.1 Å². The van der Waals surface area contributed by atoms with Crippen molar-refractivity contribution in [2.24, 2.45) is 5.92 Å². The first-order valence-corrected chi connectivity index (χ1v) is 18.9. The van der Waals surface area contributed by atoms with Crippen LogP contribution in [-0.4, -0.2) is 90.8 Å². The Morgan fingerprint density at radius 3 is 2.51 bits per heavy atom. The molecule has 1 aromatic heterocycles. The van der Waals surface area contributed by atoms with E-state index in [1.165, 1.54) is 15.9 Å². The zero-order chi connectivity index (χ0) is 37.5. The number of alkyl carbamates (subject to hydrolysis) is 1. The fraction of sp³-hybridized carbons (Fsp3) is 0.649. The number of amides is 5. The van der Waals surface area contributed by atoms with E-state index in [1.54, 1.807) is 32.9 Å². The number of rotatable bonds is 5. The minimum Gasteiger partial charge on any atom is -0.444 e. The molecule has 0 spiro atoms.